The Hall–Kier alpha value is -0.680. The van der Waals surface area contributed by atoms with Gasteiger partial charge in [-0.05, 0) is 41.6 Å². The highest BCUT2D eigenvalue weighted by molar-refractivity contribution is 9.10. The van der Waals surface area contributed by atoms with Gasteiger partial charge in [0.1, 0.15) is 16.4 Å². The Morgan fingerprint density at radius 1 is 1.47 bits per heavy atom. The van der Waals surface area contributed by atoms with Crippen LogP contribution in [-0.2, 0) is 10.2 Å². The maximum absolute atomic E-state index is 12.1. The highest BCUT2D eigenvalue weighted by Gasteiger charge is 2.35. The van der Waals surface area contributed by atoms with Crippen molar-refractivity contribution in [1.82, 2.24) is 9.97 Å². The van der Waals surface area contributed by atoms with Gasteiger partial charge in [-0.2, -0.15) is 0 Å². The molecule has 1 heterocycles. The number of rotatable bonds is 4. The second-order valence-electron chi connectivity index (χ2n) is 6.08. The molecule has 0 amide bonds. The molecule has 0 saturated heterocycles. The minimum atomic E-state index is -0.178. The van der Waals surface area contributed by atoms with Gasteiger partial charge in [-0.15, -0.1) is 0 Å². The Labute approximate surface area is 122 Å². The quantitative estimate of drug-likeness (QED) is 0.922. The molecular weight excluding hydrogens is 308 g/mol. The van der Waals surface area contributed by atoms with Crippen molar-refractivity contribution >= 4 is 15.9 Å². The van der Waals surface area contributed by atoms with E-state index in [0.29, 0.717) is 22.8 Å². The number of halogens is 1. The molecule has 1 atom stereocenters. The summed E-state index contributed by atoms with van der Waals surface area (Å²) < 4.78 is 6.29. The number of aromatic amines is 1. The SMILES string of the molecule is CCOC(c1nc(C(C)(C)C)c(Br)c(=O)[nH]1)C1CC1. The Balaban J connectivity index is 2.46. The van der Waals surface area contributed by atoms with Crippen molar-refractivity contribution in [2.24, 2.45) is 5.92 Å². The Morgan fingerprint density at radius 2 is 2.11 bits per heavy atom. The molecule has 1 aromatic heterocycles. The molecule has 1 N–H and O–H groups in total. The Kier molecular flexibility index (Phi) is 4.16. The molecule has 0 spiro atoms. The number of nitrogens with one attached hydrogen (secondary N) is 1. The summed E-state index contributed by atoms with van der Waals surface area (Å²) in [5.74, 6) is 1.17. The van der Waals surface area contributed by atoms with Gasteiger partial charge in [0.25, 0.3) is 5.56 Å². The Morgan fingerprint density at radius 3 is 2.58 bits per heavy atom. The third kappa shape index (κ3) is 3.26. The van der Waals surface area contributed by atoms with Crippen molar-refractivity contribution in [2.75, 3.05) is 6.61 Å². The standard InChI is InChI=1S/C14H21BrN2O2/c1-5-19-10(8-6-7-8)12-16-11(14(2,3)4)9(15)13(18)17-12/h8,10H,5-7H2,1-4H3,(H,16,17,18). The first-order valence-electron chi connectivity index (χ1n) is 6.76. The van der Waals surface area contributed by atoms with Gasteiger partial charge in [-0.25, -0.2) is 4.98 Å². The van der Waals surface area contributed by atoms with Gasteiger partial charge in [-0.3, -0.25) is 4.79 Å². The Bertz CT molecular complexity index is 515. The van der Waals surface area contributed by atoms with Gasteiger partial charge >= 0.3 is 0 Å². The summed E-state index contributed by atoms with van der Waals surface area (Å²) in [7, 11) is 0. The van der Waals surface area contributed by atoms with E-state index in [0.717, 1.165) is 18.5 Å². The number of H-pyrrole nitrogens is 1. The fraction of sp³-hybridized carbons (Fsp3) is 0.714. The molecule has 0 aromatic carbocycles. The van der Waals surface area contributed by atoms with Crippen LogP contribution in [-0.4, -0.2) is 16.6 Å². The minimum absolute atomic E-state index is 0.0769. The number of hydrogen-bond acceptors (Lipinski definition) is 3. The molecule has 1 aliphatic rings. The molecule has 1 unspecified atom stereocenters. The lowest BCUT2D eigenvalue weighted by Crippen LogP contribution is -2.25. The first-order valence-corrected chi connectivity index (χ1v) is 7.55. The van der Waals surface area contributed by atoms with E-state index in [9.17, 15) is 4.79 Å². The highest BCUT2D eigenvalue weighted by atomic mass is 79.9. The number of ether oxygens (including phenoxy) is 1. The molecule has 106 valence electrons. The zero-order chi connectivity index (χ0) is 14.2. The van der Waals surface area contributed by atoms with E-state index in [1.54, 1.807) is 0 Å². The fourth-order valence-electron chi connectivity index (χ4n) is 2.12. The van der Waals surface area contributed by atoms with Gasteiger partial charge in [0, 0.05) is 12.0 Å². The molecule has 19 heavy (non-hydrogen) atoms. The molecule has 0 radical (unpaired) electrons. The summed E-state index contributed by atoms with van der Waals surface area (Å²) in [6.45, 7) is 8.76. The predicted octanol–water partition coefficient (Wildman–Crippen LogP) is 3.32. The van der Waals surface area contributed by atoms with Crippen LogP contribution in [0.2, 0.25) is 0 Å². The van der Waals surface area contributed by atoms with Gasteiger partial charge in [0.2, 0.25) is 0 Å². The minimum Gasteiger partial charge on any atom is -0.370 e. The van der Waals surface area contributed by atoms with Gasteiger partial charge in [0.05, 0.1) is 5.69 Å². The molecular formula is C14H21BrN2O2. The normalized spacial score (nSPS) is 17.5. The summed E-state index contributed by atoms with van der Waals surface area (Å²) >= 11 is 3.34. The van der Waals surface area contributed by atoms with Crippen LogP contribution < -0.4 is 5.56 Å². The molecule has 0 bridgehead atoms. The van der Waals surface area contributed by atoms with Gasteiger partial charge in [0.15, 0.2) is 0 Å². The number of hydrogen-bond donors (Lipinski definition) is 1. The zero-order valence-corrected chi connectivity index (χ0v) is 13.5. The molecule has 1 aliphatic carbocycles. The largest absolute Gasteiger partial charge is 0.370 e. The average Bonchev–Trinajstić information content (AvgIpc) is 3.12. The molecule has 1 aromatic rings. The maximum atomic E-state index is 12.1. The molecule has 1 saturated carbocycles. The second kappa shape index (κ2) is 5.37. The van der Waals surface area contributed by atoms with E-state index >= 15 is 0 Å². The van der Waals surface area contributed by atoms with Crippen LogP contribution in [0.25, 0.3) is 0 Å². The van der Waals surface area contributed by atoms with E-state index in [4.69, 9.17) is 4.74 Å². The van der Waals surface area contributed by atoms with E-state index in [1.165, 1.54) is 0 Å². The molecule has 5 heteroatoms. The van der Waals surface area contributed by atoms with E-state index in [2.05, 4.69) is 46.7 Å². The molecule has 0 aliphatic heterocycles. The van der Waals surface area contributed by atoms with Crippen LogP contribution in [0.4, 0.5) is 0 Å². The van der Waals surface area contributed by atoms with E-state index in [-0.39, 0.29) is 17.1 Å². The lowest BCUT2D eigenvalue weighted by molar-refractivity contribution is 0.0395. The third-order valence-corrected chi connectivity index (χ3v) is 3.99. The molecule has 1 fully saturated rings. The van der Waals surface area contributed by atoms with Crippen molar-refractivity contribution < 1.29 is 4.74 Å². The molecule has 2 rings (SSSR count). The van der Waals surface area contributed by atoms with Crippen LogP contribution in [0.3, 0.4) is 0 Å². The third-order valence-electron chi connectivity index (χ3n) is 3.26. The van der Waals surface area contributed by atoms with Crippen molar-refractivity contribution in [2.45, 2.75) is 52.1 Å². The van der Waals surface area contributed by atoms with Crippen molar-refractivity contribution in [3.63, 3.8) is 0 Å². The predicted molar refractivity (Wildman–Crippen MR) is 78.3 cm³/mol. The lowest BCUT2D eigenvalue weighted by Gasteiger charge is -2.22. The highest BCUT2D eigenvalue weighted by Crippen LogP contribution is 2.42. The number of nitrogens with zero attached hydrogens (tertiary/aromatic N) is 1. The van der Waals surface area contributed by atoms with Crippen LogP contribution in [0.1, 0.15) is 58.2 Å². The fourth-order valence-corrected chi connectivity index (χ4v) is 2.91. The van der Waals surface area contributed by atoms with Crippen molar-refractivity contribution in [1.29, 1.82) is 0 Å². The first-order chi connectivity index (χ1) is 8.84. The molecule has 4 nitrogen and oxygen atoms in total. The van der Waals surface area contributed by atoms with Crippen LogP contribution in [0, 0.1) is 5.92 Å². The van der Waals surface area contributed by atoms with Gasteiger partial charge in [-0.1, -0.05) is 20.8 Å². The van der Waals surface area contributed by atoms with E-state index in [1.807, 2.05) is 6.92 Å². The summed E-state index contributed by atoms with van der Waals surface area (Å²) in [4.78, 5) is 19.6. The topological polar surface area (TPSA) is 55.0 Å². The summed E-state index contributed by atoms with van der Waals surface area (Å²) in [5, 5.41) is 0. The average molecular weight is 329 g/mol. The van der Waals surface area contributed by atoms with Crippen LogP contribution >= 0.6 is 15.9 Å². The number of aromatic nitrogens is 2. The van der Waals surface area contributed by atoms with Crippen molar-refractivity contribution in [3.05, 3.63) is 26.3 Å². The smallest absolute Gasteiger partial charge is 0.265 e. The maximum Gasteiger partial charge on any atom is 0.265 e. The van der Waals surface area contributed by atoms with Crippen LogP contribution in [0.15, 0.2) is 9.27 Å². The van der Waals surface area contributed by atoms with E-state index < -0.39 is 0 Å². The monoisotopic (exact) mass is 328 g/mol. The van der Waals surface area contributed by atoms with Gasteiger partial charge < -0.3 is 9.72 Å². The summed E-state index contributed by atoms with van der Waals surface area (Å²) in [6.07, 6.45) is 2.22. The second-order valence-corrected chi connectivity index (χ2v) is 6.87. The van der Waals surface area contributed by atoms with Crippen molar-refractivity contribution in [3.8, 4) is 0 Å². The van der Waals surface area contributed by atoms with Crippen LogP contribution in [0.5, 0.6) is 0 Å². The lowest BCUT2D eigenvalue weighted by atomic mass is 9.92. The first kappa shape index (κ1) is 14.7. The summed E-state index contributed by atoms with van der Waals surface area (Å²) in [5.41, 5.74) is 0.485. The summed E-state index contributed by atoms with van der Waals surface area (Å²) in [6, 6.07) is 0. The zero-order valence-electron chi connectivity index (χ0n) is 11.9.